The van der Waals surface area contributed by atoms with Crippen LogP contribution in [0, 0.1) is 16.7 Å². The first-order valence-electron chi connectivity index (χ1n) is 12.1. The highest BCUT2D eigenvalue weighted by Gasteiger charge is 2.61. The van der Waals surface area contributed by atoms with E-state index in [1.54, 1.807) is 0 Å². The van der Waals surface area contributed by atoms with Crippen molar-refractivity contribution >= 4 is 5.91 Å². The van der Waals surface area contributed by atoms with Gasteiger partial charge >= 0.3 is 0 Å². The Morgan fingerprint density at radius 1 is 1.03 bits per heavy atom. The third-order valence-electron chi connectivity index (χ3n) is 8.66. The molecule has 6 heteroatoms. The zero-order valence-electron chi connectivity index (χ0n) is 19.3. The number of carbonyl (C=O) groups excluding carboxylic acids is 1. The lowest BCUT2D eigenvalue weighted by molar-refractivity contribution is -0.137. The summed E-state index contributed by atoms with van der Waals surface area (Å²) in [6.07, 6.45) is 7.48. The number of aliphatic hydroxyl groups is 1. The van der Waals surface area contributed by atoms with Crippen molar-refractivity contribution in [3.63, 3.8) is 0 Å². The van der Waals surface area contributed by atoms with Crippen LogP contribution in [0.5, 0.6) is 0 Å². The smallest absolute Gasteiger partial charge is 0.222 e. The lowest BCUT2D eigenvalue weighted by Gasteiger charge is -2.51. The van der Waals surface area contributed by atoms with Crippen molar-refractivity contribution in [2.24, 2.45) is 16.7 Å². The fraction of sp³-hybridized carbons (Fsp3) is 0.958. The van der Waals surface area contributed by atoms with Gasteiger partial charge in [-0.15, -0.1) is 0 Å². The number of fused-ring (bicyclic) bond motifs is 1. The molecule has 2 aliphatic heterocycles. The molecule has 4 rings (SSSR count). The summed E-state index contributed by atoms with van der Waals surface area (Å²) in [6, 6.07) is 0.918. The number of amides is 1. The molecule has 30 heavy (non-hydrogen) atoms. The van der Waals surface area contributed by atoms with Gasteiger partial charge in [-0.2, -0.15) is 0 Å². The Hall–Kier alpha value is -0.690. The quantitative estimate of drug-likeness (QED) is 0.713. The summed E-state index contributed by atoms with van der Waals surface area (Å²) < 4.78 is 11.0. The summed E-state index contributed by atoms with van der Waals surface area (Å²) in [7, 11) is 0. The average Bonchev–Trinajstić information content (AvgIpc) is 2.93. The van der Waals surface area contributed by atoms with Crippen LogP contribution in [0.1, 0.15) is 72.1 Å². The topological polar surface area (TPSA) is 71.0 Å². The van der Waals surface area contributed by atoms with Crippen molar-refractivity contribution in [3.05, 3.63) is 0 Å². The van der Waals surface area contributed by atoms with Crippen LogP contribution in [0.15, 0.2) is 0 Å². The van der Waals surface area contributed by atoms with Gasteiger partial charge in [0.2, 0.25) is 5.91 Å². The number of rotatable bonds is 5. The van der Waals surface area contributed by atoms with Crippen molar-refractivity contribution in [3.8, 4) is 0 Å². The van der Waals surface area contributed by atoms with Gasteiger partial charge in [0.25, 0.3) is 0 Å². The molecule has 0 aromatic carbocycles. The van der Waals surface area contributed by atoms with Crippen LogP contribution in [0.4, 0.5) is 0 Å². The van der Waals surface area contributed by atoms with Crippen molar-refractivity contribution in [1.29, 1.82) is 0 Å². The molecular formula is C24H42N2O4. The van der Waals surface area contributed by atoms with E-state index in [-0.39, 0.29) is 16.7 Å². The molecular weight excluding hydrogens is 380 g/mol. The highest BCUT2D eigenvalue weighted by atomic mass is 16.5. The molecule has 172 valence electrons. The first kappa shape index (κ1) is 22.5. The Morgan fingerprint density at radius 2 is 1.70 bits per heavy atom. The molecule has 0 spiro atoms. The summed E-state index contributed by atoms with van der Waals surface area (Å²) in [5.74, 6) is 0.710. The molecule has 0 radical (unpaired) electrons. The third-order valence-corrected chi connectivity index (χ3v) is 8.66. The van der Waals surface area contributed by atoms with Gasteiger partial charge in [-0.3, -0.25) is 4.79 Å². The first-order valence-corrected chi connectivity index (χ1v) is 12.1. The molecule has 4 fully saturated rings. The minimum Gasteiger partial charge on any atom is -0.390 e. The second-order valence-electron chi connectivity index (χ2n) is 11.3. The number of nitrogens with one attached hydrogen (secondary N) is 1. The second-order valence-corrected chi connectivity index (χ2v) is 11.3. The molecule has 0 bridgehead atoms. The van der Waals surface area contributed by atoms with Crippen molar-refractivity contribution in [1.82, 2.24) is 10.2 Å². The van der Waals surface area contributed by atoms with Crippen LogP contribution in [0.25, 0.3) is 0 Å². The molecule has 4 atom stereocenters. The third kappa shape index (κ3) is 4.57. The van der Waals surface area contributed by atoms with Crippen molar-refractivity contribution in [2.45, 2.75) is 89.8 Å². The zero-order valence-corrected chi connectivity index (χ0v) is 19.3. The number of carbonyl (C=O) groups is 1. The Balaban J connectivity index is 1.53. The number of nitrogens with zero attached hydrogens (tertiary/aromatic N) is 1. The summed E-state index contributed by atoms with van der Waals surface area (Å²) >= 11 is 0. The SMILES string of the molecule is CC1(O)CCC2(CCC(=O)N3CCOCC3)C(NC3CCOCC3)CC(C)(C)C2C1. The zero-order chi connectivity index (χ0) is 21.4. The van der Waals surface area contributed by atoms with E-state index in [1.165, 1.54) is 0 Å². The van der Waals surface area contributed by atoms with Crippen LogP contribution < -0.4 is 5.32 Å². The van der Waals surface area contributed by atoms with Gasteiger partial charge in [0.15, 0.2) is 0 Å². The highest BCUT2D eigenvalue weighted by molar-refractivity contribution is 5.76. The van der Waals surface area contributed by atoms with E-state index < -0.39 is 5.60 Å². The number of morpholine rings is 1. The Kier molecular flexibility index (Phi) is 6.51. The monoisotopic (exact) mass is 422 g/mol. The van der Waals surface area contributed by atoms with E-state index in [0.717, 1.165) is 71.2 Å². The van der Waals surface area contributed by atoms with Gasteiger partial charge < -0.3 is 24.8 Å². The molecule has 6 nitrogen and oxygen atoms in total. The minimum absolute atomic E-state index is 0.0893. The summed E-state index contributed by atoms with van der Waals surface area (Å²) in [4.78, 5) is 15.0. The van der Waals surface area contributed by atoms with Gasteiger partial charge in [0.1, 0.15) is 0 Å². The molecule has 0 aromatic heterocycles. The standard InChI is InChI=1S/C24H42N2O4/c1-22(2)17-20(25-18-5-12-29-13-6-18)24(9-8-23(3,28)16-19(22)24)7-4-21(27)26-10-14-30-15-11-26/h18-20,25,28H,4-17H2,1-3H3. The van der Waals surface area contributed by atoms with Crippen molar-refractivity contribution in [2.75, 3.05) is 39.5 Å². The van der Waals surface area contributed by atoms with E-state index in [1.807, 2.05) is 11.8 Å². The fourth-order valence-corrected chi connectivity index (χ4v) is 6.92. The largest absolute Gasteiger partial charge is 0.390 e. The predicted molar refractivity (Wildman–Crippen MR) is 116 cm³/mol. The highest BCUT2D eigenvalue weighted by Crippen LogP contribution is 2.64. The Bertz CT molecular complexity index is 610. The molecule has 1 amide bonds. The molecule has 2 saturated heterocycles. The van der Waals surface area contributed by atoms with Gasteiger partial charge in [-0.25, -0.2) is 0 Å². The van der Waals surface area contributed by atoms with E-state index in [0.29, 0.717) is 37.6 Å². The van der Waals surface area contributed by atoms with Crippen LogP contribution >= 0.6 is 0 Å². The van der Waals surface area contributed by atoms with E-state index >= 15 is 0 Å². The molecule has 2 heterocycles. The van der Waals surface area contributed by atoms with Crippen LogP contribution in [0.3, 0.4) is 0 Å². The number of hydrogen-bond donors (Lipinski definition) is 2. The minimum atomic E-state index is -0.590. The van der Waals surface area contributed by atoms with E-state index in [4.69, 9.17) is 9.47 Å². The maximum Gasteiger partial charge on any atom is 0.222 e. The lowest BCUT2D eigenvalue weighted by Crippen LogP contribution is -2.54. The fourth-order valence-electron chi connectivity index (χ4n) is 6.92. The van der Waals surface area contributed by atoms with Gasteiger partial charge in [0, 0.05) is 44.8 Å². The normalized spacial score (nSPS) is 39.7. The predicted octanol–water partition coefficient (Wildman–Crippen LogP) is 2.73. The van der Waals surface area contributed by atoms with Gasteiger partial charge in [-0.1, -0.05) is 13.8 Å². The summed E-state index contributed by atoms with van der Waals surface area (Å²) in [5, 5.41) is 15.0. The van der Waals surface area contributed by atoms with Crippen LogP contribution in [0.2, 0.25) is 0 Å². The maximum atomic E-state index is 13.0. The second kappa shape index (κ2) is 8.68. The average molecular weight is 423 g/mol. The summed E-state index contributed by atoms with van der Waals surface area (Å²) in [6.45, 7) is 11.2. The van der Waals surface area contributed by atoms with E-state index in [2.05, 4.69) is 19.2 Å². The van der Waals surface area contributed by atoms with Gasteiger partial charge in [-0.05, 0) is 68.6 Å². The Labute approximate surface area is 182 Å². The van der Waals surface area contributed by atoms with Crippen molar-refractivity contribution < 1.29 is 19.4 Å². The molecule has 2 aliphatic carbocycles. The number of ether oxygens (including phenoxy) is 2. The van der Waals surface area contributed by atoms with E-state index in [9.17, 15) is 9.90 Å². The number of hydrogen-bond acceptors (Lipinski definition) is 5. The summed E-state index contributed by atoms with van der Waals surface area (Å²) in [5.41, 5.74) is -0.339. The van der Waals surface area contributed by atoms with Crippen LogP contribution in [-0.2, 0) is 14.3 Å². The molecule has 4 unspecified atom stereocenters. The molecule has 4 aliphatic rings. The van der Waals surface area contributed by atoms with Crippen LogP contribution in [-0.4, -0.2) is 73.1 Å². The maximum absolute atomic E-state index is 13.0. The molecule has 2 saturated carbocycles. The van der Waals surface area contributed by atoms with Gasteiger partial charge in [0.05, 0.1) is 18.8 Å². The Morgan fingerprint density at radius 3 is 2.40 bits per heavy atom. The molecule has 0 aromatic rings. The first-order chi connectivity index (χ1) is 14.2. The molecule has 2 N–H and O–H groups in total. The lowest BCUT2D eigenvalue weighted by atomic mass is 9.57.